The van der Waals surface area contributed by atoms with Crippen molar-refractivity contribution < 1.29 is 9.53 Å². The van der Waals surface area contributed by atoms with Crippen molar-refractivity contribution in [3.05, 3.63) is 65.5 Å². The second kappa shape index (κ2) is 6.15. The third-order valence-electron chi connectivity index (χ3n) is 4.21. The Hall–Kier alpha value is -3.41. The Kier molecular flexibility index (Phi) is 3.80. The van der Waals surface area contributed by atoms with Crippen LogP contribution < -0.4 is 5.32 Å². The zero-order valence-electron chi connectivity index (χ0n) is 14.8. The minimum Gasteiger partial charge on any atom is -0.465 e. The lowest BCUT2D eigenvalue weighted by Gasteiger charge is -2.11. The van der Waals surface area contributed by atoms with Gasteiger partial charge in [0, 0.05) is 17.3 Å². The lowest BCUT2D eigenvalue weighted by molar-refractivity contribution is 0.0601. The number of hydrogen-bond acceptors (Lipinski definition) is 5. The zero-order valence-corrected chi connectivity index (χ0v) is 14.8. The third kappa shape index (κ3) is 2.75. The van der Waals surface area contributed by atoms with E-state index in [1.54, 1.807) is 12.1 Å². The van der Waals surface area contributed by atoms with Crippen molar-refractivity contribution in [3.63, 3.8) is 0 Å². The molecule has 0 aliphatic rings. The predicted octanol–water partition coefficient (Wildman–Crippen LogP) is 4.03. The van der Waals surface area contributed by atoms with Gasteiger partial charge < -0.3 is 10.1 Å². The van der Waals surface area contributed by atoms with Crippen LogP contribution >= 0.6 is 0 Å². The molecule has 0 radical (unpaired) electrons. The lowest BCUT2D eigenvalue weighted by atomic mass is 10.1. The normalized spacial score (nSPS) is 11.0. The van der Waals surface area contributed by atoms with E-state index >= 15 is 0 Å². The minimum absolute atomic E-state index is 0.388. The van der Waals surface area contributed by atoms with E-state index in [1.807, 2.05) is 54.8 Å². The molecular weight excluding hydrogens is 328 g/mol. The van der Waals surface area contributed by atoms with Crippen molar-refractivity contribution in [2.24, 2.45) is 0 Å². The van der Waals surface area contributed by atoms with Gasteiger partial charge in [-0.1, -0.05) is 12.1 Å². The summed E-state index contributed by atoms with van der Waals surface area (Å²) in [5.41, 5.74) is 4.92. The van der Waals surface area contributed by atoms with Crippen molar-refractivity contribution in [2.75, 3.05) is 12.4 Å². The highest BCUT2D eigenvalue weighted by Crippen LogP contribution is 2.25. The zero-order chi connectivity index (χ0) is 18.3. The molecule has 2 heterocycles. The van der Waals surface area contributed by atoms with E-state index in [4.69, 9.17) is 9.72 Å². The van der Waals surface area contributed by atoms with Gasteiger partial charge in [0.1, 0.15) is 5.65 Å². The van der Waals surface area contributed by atoms with Gasteiger partial charge in [0.25, 0.3) is 0 Å². The molecule has 1 N–H and O–H groups in total. The van der Waals surface area contributed by atoms with Crippen LogP contribution in [0.2, 0.25) is 0 Å². The van der Waals surface area contributed by atoms with Gasteiger partial charge in [-0.3, -0.25) is 4.40 Å². The summed E-state index contributed by atoms with van der Waals surface area (Å²) in [5.74, 6) is 0.252. The Morgan fingerprint density at radius 1 is 1.12 bits per heavy atom. The van der Waals surface area contributed by atoms with Crippen LogP contribution in [-0.2, 0) is 4.74 Å². The predicted molar refractivity (Wildman–Crippen MR) is 101 cm³/mol. The molecule has 0 saturated heterocycles. The fraction of sp³-hybridized carbons (Fsp3) is 0.150. The fourth-order valence-electron chi connectivity index (χ4n) is 3.02. The number of nitrogens with one attached hydrogen (secondary N) is 1. The van der Waals surface area contributed by atoms with Crippen LogP contribution in [-0.4, -0.2) is 27.4 Å². The van der Waals surface area contributed by atoms with E-state index in [9.17, 15) is 4.79 Å². The molecule has 0 amide bonds. The Morgan fingerprint density at radius 3 is 2.73 bits per heavy atom. The van der Waals surface area contributed by atoms with Crippen LogP contribution in [0.15, 0.2) is 48.7 Å². The molecule has 0 unspecified atom stereocenters. The van der Waals surface area contributed by atoms with Crippen LogP contribution in [0.1, 0.15) is 21.6 Å². The number of carbonyl (C=O) groups is 1. The average molecular weight is 346 g/mol. The molecule has 0 aliphatic carbocycles. The van der Waals surface area contributed by atoms with Crippen molar-refractivity contribution in [1.82, 2.24) is 14.4 Å². The molecule has 2 aromatic heterocycles. The summed E-state index contributed by atoms with van der Waals surface area (Å²) in [6.07, 6.45) is 1.94. The maximum Gasteiger partial charge on any atom is 0.337 e. The van der Waals surface area contributed by atoms with E-state index in [0.717, 1.165) is 28.0 Å². The summed E-state index contributed by atoms with van der Waals surface area (Å²) < 4.78 is 6.74. The van der Waals surface area contributed by atoms with Crippen molar-refractivity contribution in [2.45, 2.75) is 13.8 Å². The molecule has 0 aliphatic heterocycles. The summed E-state index contributed by atoms with van der Waals surface area (Å²) >= 11 is 0. The molecule has 4 rings (SSSR count). The van der Waals surface area contributed by atoms with Crippen LogP contribution in [0, 0.1) is 13.8 Å². The van der Waals surface area contributed by atoms with Gasteiger partial charge in [-0.05, 0) is 49.7 Å². The number of hydrogen-bond donors (Lipinski definition) is 1. The van der Waals surface area contributed by atoms with E-state index in [0.29, 0.717) is 17.0 Å². The van der Waals surface area contributed by atoms with Gasteiger partial charge in [0.05, 0.1) is 23.9 Å². The number of esters is 1. The molecule has 6 nitrogen and oxygen atoms in total. The number of imidazole rings is 1. The Morgan fingerprint density at radius 2 is 1.96 bits per heavy atom. The summed E-state index contributed by atoms with van der Waals surface area (Å²) in [6.45, 7) is 3.98. The Bertz CT molecular complexity index is 1150. The largest absolute Gasteiger partial charge is 0.465 e. The van der Waals surface area contributed by atoms with Crippen LogP contribution in [0.25, 0.3) is 16.6 Å². The summed E-state index contributed by atoms with van der Waals surface area (Å²) in [7, 11) is 1.37. The number of anilines is 2. The van der Waals surface area contributed by atoms with Gasteiger partial charge in [-0.15, -0.1) is 0 Å². The number of aromatic nitrogens is 3. The van der Waals surface area contributed by atoms with Crippen LogP contribution in [0.5, 0.6) is 0 Å². The van der Waals surface area contributed by atoms with Crippen LogP contribution in [0.3, 0.4) is 0 Å². The third-order valence-corrected chi connectivity index (χ3v) is 4.21. The first-order chi connectivity index (χ1) is 12.5. The maximum absolute atomic E-state index is 11.9. The van der Waals surface area contributed by atoms with E-state index in [-0.39, 0.29) is 5.97 Å². The number of fused-ring (bicyclic) bond motifs is 3. The molecule has 2 aromatic carbocycles. The Balaban J connectivity index is 1.93. The summed E-state index contributed by atoms with van der Waals surface area (Å²) in [4.78, 5) is 21.2. The second-order valence-electron chi connectivity index (χ2n) is 6.23. The number of nitrogens with zero attached hydrogens (tertiary/aromatic N) is 3. The van der Waals surface area contributed by atoms with E-state index in [2.05, 4.69) is 10.3 Å². The first-order valence-corrected chi connectivity index (χ1v) is 8.26. The van der Waals surface area contributed by atoms with Crippen molar-refractivity contribution in [1.29, 1.82) is 0 Å². The molecule has 0 atom stereocenters. The second-order valence-corrected chi connectivity index (χ2v) is 6.23. The van der Waals surface area contributed by atoms with Crippen molar-refractivity contribution in [3.8, 4) is 0 Å². The molecule has 4 aromatic rings. The number of ether oxygens (including phenoxy) is 1. The quantitative estimate of drug-likeness (QED) is 0.567. The number of carbonyl (C=O) groups excluding carboxylic acids is 1. The smallest absolute Gasteiger partial charge is 0.337 e. The van der Waals surface area contributed by atoms with Crippen molar-refractivity contribution >= 4 is 34.2 Å². The standard InChI is InChI=1S/C20H18N4O2/c1-12-5-4-6-15(9-12)22-20-23-17-10-14(19(25)26-3)7-8-16(17)18-21-13(2)11-24(18)20/h4-11H,1-3H3,(H,22,23). The maximum atomic E-state index is 11.9. The molecule has 130 valence electrons. The average Bonchev–Trinajstić information content (AvgIpc) is 3.02. The first kappa shape index (κ1) is 16.1. The summed E-state index contributed by atoms with van der Waals surface area (Å²) in [6, 6.07) is 13.4. The number of rotatable bonds is 3. The molecule has 0 saturated carbocycles. The topological polar surface area (TPSA) is 68.5 Å². The molecule has 0 bridgehead atoms. The van der Waals surface area contributed by atoms with Gasteiger partial charge in [-0.2, -0.15) is 0 Å². The van der Waals surface area contributed by atoms with E-state index < -0.39 is 0 Å². The molecule has 0 spiro atoms. The number of benzene rings is 2. The molecule has 6 heteroatoms. The SMILES string of the molecule is COC(=O)c1ccc2c(c1)nc(Nc1cccc(C)c1)n1cc(C)nc21. The highest BCUT2D eigenvalue weighted by molar-refractivity contribution is 5.99. The van der Waals surface area contributed by atoms with Gasteiger partial charge in [-0.25, -0.2) is 14.8 Å². The molecule has 26 heavy (non-hydrogen) atoms. The van der Waals surface area contributed by atoms with Gasteiger partial charge in [0.15, 0.2) is 0 Å². The highest BCUT2D eigenvalue weighted by Gasteiger charge is 2.14. The monoisotopic (exact) mass is 346 g/mol. The molecular formula is C20H18N4O2. The fourth-order valence-corrected chi connectivity index (χ4v) is 3.02. The first-order valence-electron chi connectivity index (χ1n) is 8.26. The lowest BCUT2D eigenvalue weighted by Crippen LogP contribution is -2.04. The number of aryl methyl sites for hydroxylation is 2. The van der Waals surface area contributed by atoms with Gasteiger partial charge >= 0.3 is 5.97 Å². The minimum atomic E-state index is -0.388. The highest BCUT2D eigenvalue weighted by atomic mass is 16.5. The molecule has 0 fully saturated rings. The van der Waals surface area contributed by atoms with Crippen LogP contribution in [0.4, 0.5) is 11.6 Å². The number of methoxy groups -OCH3 is 1. The Labute approximate surface area is 150 Å². The van der Waals surface area contributed by atoms with E-state index in [1.165, 1.54) is 7.11 Å². The van der Waals surface area contributed by atoms with Gasteiger partial charge in [0.2, 0.25) is 5.95 Å². The summed E-state index contributed by atoms with van der Waals surface area (Å²) in [5, 5.41) is 4.23.